The topological polar surface area (TPSA) is 41.1 Å². The quantitative estimate of drug-likeness (QED) is 0.714. The summed E-state index contributed by atoms with van der Waals surface area (Å²) in [5, 5.41) is 6.53. The van der Waals surface area contributed by atoms with Gasteiger partial charge in [-0.2, -0.15) is 0 Å². The van der Waals surface area contributed by atoms with Gasteiger partial charge >= 0.3 is 0 Å². The fraction of sp³-hybridized carbons (Fsp3) is 0.611. The van der Waals surface area contributed by atoms with Gasteiger partial charge in [-0.15, -0.1) is 0 Å². The highest BCUT2D eigenvalue weighted by molar-refractivity contribution is 5.92. The Kier molecular flexibility index (Phi) is 7.27. The SMILES string of the molecule is CCC(C)CC(CC)Nc1cccc(NC(=O)C(C)C)c1. The largest absolute Gasteiger partial charge is 0.382 e. The van der Waals surface area contributed by atoms with Gasteiger partial charge in [0.15, 0.2) is 0 Å². The standard InChI is InChI=1S/C18H30N2O/c1-6-14(5)11-15(7-2)19-16-9-8-10-17(12-16)20-18(21)13(3)4/h8-10,12-15,19H,6-7,11H2,1-5H3,(H,20,21). The van der Waals surface area contributed by atoms with Gasteiger partial charge in [0.25, 0.3) is 0 Å². The van der Waals surface area contributed by atoms with Crippen LogP contribution in [0.2, 0.25) is 0 Å². The van der Waals surface area contributed by atoms with Gasteiger partial charge in [-0.05, 0) is 37.0 Å². The van der Waals surface area contributed by atoms with Crippen LogP contribution in [-0.2, 0) is 4.79 Å². The van der Waals surface area contributed by atoms with E-state index < -0.39 is 0 Å². The van der Waals surface area contributed by atoms with E-state index in [1.807, 2.05) is 32.0 Å². The Morgan fingerprint density at radius 3 is 2.33 bits per heavy atom. The summed E-state index contributed by atoms with van der Waals surface area (Å²) in [4.78, 5) is 11.8. The molecule has 1 rings (SSSR count). The molecule has 0 aliphatic rings. The molecule has 0 fully saturated rings. The lowest BCUT2D eigenvalue weighted by Crippen LogP contribution is -2.21. The molecule has 21 heavy (non-hydrogen) atoms. The van der Waals surface area contributed by atoms with E-state index >= 15 is 0 Å². The molecule has 0 aromatic heterocycles. The molecule has 1 aromatic rings. The second-order valence-corrected chi connectivity index (χ2v) is 6.22. The van der Waals surface area contributed by atoms with Crippen molar-refractivity contribution < 1.29 is 4.79 Å². The van der Waals surface area contributed by atoms with E-state index in [-0.39, 0.29) is 11.8 Å². The van der Waals surface area contributed by atoms with Crippen molar-refractivity contribution in [3.63, 3.8) is 0 Å². The predicted molar refractivity (Wildman–Crippen MR) is 91.7 cm³/mol. The lowest BCUT2D eigenvalue weighted by molar-refractivity contribution is -0.118. The zero-order valence-electron chi connectivity index (χ0n) is 14.1. The summed E-state index contributed by atoms with van der Waals surface area (Å²) in [5.41, 5.74) is 1.93. The first-order valence-corrected chi connectivity index (χ1v) is 8.13. The smallest absolute Gasteiger partial charge is 0.226 e. The number of benzene rings is 1. The number of amides is 1. The number of hydrogen-bond acceptors (Lipinski definition) is 2. The molecule has 0 radical (unpaired) electrons. The number of carbonyl (C=O) groups excluding carboxylic acids is 1. The van der Waals surface area contributed by atoms with Gasteiger partial charge in [0.05, 0.1) is 0 Å². The highest BCUT2D eigenvalue weighted by Gasteiger charge is 2.11. The van der Waals surface area contributed by atoms with Crippen LogP contribution in [0.1, 0.15) is 53.9 Å². The van der Waals surface area contributed by atoms with Gasteiger partial charge in [0, 0.05) is 23.3 Å². The van der Waals surface area contributed by atoms with E-state index in [0.717, 1.165) is 23.7 Å². The van der Waals surface area contributed by atoms with E-state index in [2.05, 4.69) is 37.5 Å². The number of anilines is 2. The van der Waals surface area contributed by atoms with Gasteiger partial charge in [-0.3, -0.25) is 4.79 Å². The van der Waals surface area contributed by atoms with E-state index in [0.29, 0.717) is 6.04 Å². The normalized spacial score (nSPS) is 13.8. The summed E-state index contributed by atoms with van der Waals surface area (Å²) in [6.07, 6.45) is 3.49. The minimum Gasteiger partial charge on any atom is -0.382 e. The van der Waals surface area contributed by atoms with Crippen LogP contribution in [0.5, 0.6) is 0 Å². The molecule has 0 saturated heterocycles. The zero-order valence-corrected chi connectivity index (χ0v) is 14.1. The second-order valence-electron chi connectivity index (χ2n) is 6.22. The minimum absolute atomic E-state index is 0.00425. The van der Waals surface area contributed by atoms with Crippen molar-refractivity contribution in [3.8, 4) is 0 Å². The molecule has 0 aliphatic heterocycles. The molecule has 2 unspecified atom stereocenters. The summed E-state index contributed by atoms with van der Waals surface area (Å²) in [6, 6.07) is 8.47. The Morgan fingerprint density at radius 2 is 1.76 bits per heavy atom. The van der Waals surface area contributed by atoms with Gasteiger partial charge in [-0.1, -0.05) is 47.1 Å². The lowest BCUT2D eigenvalue weighted by atomic mass is 9.97. The summed E-state index contributed by atoms with van der Waals surface area (Å²) >= 11 is 0. The third-order valence-electron chi connectivity index (χ3n) is 3.90. The predicted octanol–water partition coefficient (Wildman–Crippen LogP) is 4.91. The van der Waals surface area contributed by atoms with Crippen LogP contribution in [0.15, 0.2) is 24.3 Å². The average molecular weight is 290 g/mol. The molecule has 118 valence electrons. The monoisotopic (exact) mass is 290 g/mol. The Balaban J connectivity index is 2.68. The number of rotatable bonds is 8. The lowest BCUT2D eigenvalue weighted by Gasteiger charge is -2.22. The number of nitrogens with one attached hydrogen (secondary N) is 2. The van der Waals surface area contributed by atoms with Gasteiger partial charge in [0.1, 0.15) is 0 Å². The van der Waals surface area contributed by atoms with E-state index in [4.69, 9.17) is 0 Å². The molecule has 2 N–H and O–H groups in total. The van der Waals surface area contributed by atoms with Gasteiger partial charge in [0.2, 0.25) is 5.91 Å². The Hall–Kier alpha value is -1.51. The van der Waals surface area contributed by atoms with E-state index in [9.17, 15) is 4.79 Å². The highest BCUT2D eigenvalue weighted by Crippen LogP contribution is 2.20. The molecule has 3 heteroatoms. The third-order valence-corrected chi connectivity index (χ3v) is 3.90. The van der Waals surface area contributed by atoms with Crippen LogP contribution in [0.3, 0.4) is 0 Å². The van der Waals surface area contributed by atoms with Crippen LogP contribution < -0.4 is 10.6 Å². The van der Waals surface area contributed by atoms with Gasteiger partial charge in [-0.25, -0.2) is 0 Å². The van der Waals surface area contributed by atoms with Gasteiger partial charge < -0.3 is 10.6 Å². The summed E-state index contributed by atoms with van der Waals surface area (Å²) in [5.74, 6) is 0.778. The van der Waals surface area contributed by atoms with E-state index in [1.165, 1.54) is 12.8 Å². The van der Waals surface area contributed by atoms with Crippen molar-refractivity contribution in [2.45, 2.75) is 59.9 Å². The average Bonchev–Trinajstić information content (AvgIpc) is 2.46. The van der Waals surface area contributed by atoms with Crippen molar-refractivity contribution >= 4 is 17.3 Å². The molecular weight excluding hydrogens is 260 g/mol. The molecule has 0 saturated carbocycles. The number of carbonyl (C=O) groups is 1. The van der Waals surface area contributed by atoms with Crippen molar-refractivity contribution in [1.82, 2.24) is 0 Å². The fourth-order valence-corrected chi connectivity index (χ4v) is 2.19. The summed E-state index contributed by atoms with van der Waals surface area (Å²) < 4.78 is 0. The van der Waals surface area contributed by atoms with Crippen LogP contribution in [-0.4, -0.2) is 11.9 Å². The minimum atomic E-state index is -0.00425. The molecule has 0 bridgehead atoms. The molecule has 3 nitrogen and oxygen atoms in total. The van der Waals surface area contributed by atoms with Crippen LogP contribution in [0.25, 0.3) is 0 Å². The second kappa shape index (κ2) is 8.71. The third kappa shape index (κ3) is 6.19. The Bertz CT molecular complexity index is 443. The molecule has 0 spiro atoms. The first-order valence-electron chi connectivity index (χ1n) is 8.13. The Morgan fingerprint density at radius 1 is 1.10 bits per heavy atom. The van der Waals surface area contributed by atoms with Crippen molar-refractivity contribution in [3.05, 3.63) is 24.3 Å². The zero-order chi connectivity index (χ0) is 15.8. The Labute approximate surface area is 129 Å². The first-order chi connectivity index (χ1) is 9.96. The molecule has 1 amide bonds. The van der Waals surface area contributed by atoms with Crippen molar-refractivity contribution in [2.24, 2.45) is 11.8 Å². The maximum Gasteiger partial charge on any atom is 0.226 e. The molecule has 0 heterocycles. The van der Waals surface area contributed by atoms with Crippen molar-refractivity contribution in [2.75, 3.05) is 10.6 Å². The van der Waals surface area contributed by atoms with E-state index in [1.54, 1.807) is 0 Å². The van der Waals surface area contributed by atoms with Crippen LogP contribution in [0, 0.1) is 11.8 Å². The van der Waals surface area contributed by atoms with Crippen molar-refractivity contribution in [1.29, 1.82) is 0 Å². The van der Waals surface area contributed by atoms with Crippen LogP contribution >= 0.6 is 0 Å². The molecule has 1 aromatic carbocycles. The summed E-state index contributed by atoms with van der Waals surface area (Å²) in [7, 11) is 0. The molecule has 2 atom stereocenters. The first kappa shape index (κ1) is 17.5. The number of hydrogen-bond donors (Lipinski definition) is 2. The highest BCUT2D eigenvalue weighted by atomic mass is 16.1. The van der Waals surface area contributed by atoms with Crippen LogP contribution in [0.4, 0.5) is 11.4 Å². The summed E-state index contributed by atoms with van der Waals surface area (Å²) in [6.45, 7) is 10.5. The maximum atomic E-state index is 11.8. The maximum absolute atomic E-state index is 11.8. The molecular formula is C18H30N2O. The fourth-order valence-electron chi connectivity index (χ4n) is 2.19. The molecule has 0 aliphatic carbocycles.